The van der Waals surface area contributed by atoms with Crippen molar-refractivity contribution in [3.05, 3.63) is 42.0 Å². The van der Waals surface area contributed by atoms with Crippen molar-refractivity contribution in [2.24, 2.45) is 16.7 Å². The molecule has 88 valence electrons. The summed E-state index contributed by atoms with van der Waals surface area (Å²) >= 11 is 0. The second-order valence-electron chi connectivity index (χ2n) is 4.12. The quantitative estimate of drug-likeness (QED) is 0.358. The molecule has 2 aromatic carbocycles. The molecule has 0 spiro atoms. The molecule has 0 bridgehead atoms. The van der Waals surface area contributed by atoms with Crippen LogP contribution in [0.5, 0.6) is 0 Å². The van der Waals surface area contributed by atoms with Gasteiger partial charge in [0.1, 0.15) is 5.84 Å². The first-order chi connectivity index (χ1) is 8.06. The molecule has 0 radical (unpaired) electrons. The van der Waals surface area contributed by atoms with E-state index >= 15 is 0 Å². The second kappa shape index (κ2) is 4.43. The van der Waals surface area contributed by atoms with Crippen molar-refractivity contribution in [2.75, 3.05) is 5.12 Å². The smallest absolute Gasteiger partial charge is 0.118 e. The van der Waals surface area contributed by atoms with E-state index in [0.29, 0.717) is 5.84 Å². The van der Waals surface area contributed by atoms with Gasteiger partial charge in [0, 0.05) is 0 Å². The van der Waals surface area contributed by atoms with Crippen molar-refractivity contribution in [1.82, 2.24) is 0 Å². The van der Waals surface area contributed by atoms with E-state index in [1.54, 1.807) is 6.92 Å². The third-order valence-corrected chi connectivity index (χ3v) is 2.51. The van der Waals surface area contributed by atoms with Crippen molar-refractivity contribution < 1.29 is 0 Å². The van der Waals surface area contributed by atoms with Crippen molar-refractivity contribution in [3.8, 4) is 0 Å². The Morgan fingerprint density at radius 3 is 2.53 bits per heavy atom. The van der Waals surface area contributed by atoms with Crippen LogP contribution < -0.4 is 16.7 Å². The van der Waals surface area contributed by atoms with Crippen molar-refractivity contribution in [1.29, 1.82) is 0 Å². The van der Waals surface area contributed by atoms with Crippen molar-refractivity contribution in [3.63, 3.8) is 0 Å². The summed E-state index contributed by atoms with van der Waals surface area (Å²) in [5.74, 6) is 6.22. The Labute approximate surface area is 100 Å². The number of hydrazine groups is 1. The standard InChI is InChI=1S/C13H16N4/c1-9-3-4-11-5-6-13(8-12(11)7-9)17(15)16-10(2)14/h3-8H,15H2,1-2H3,(H2,14,16). The third kappa shape index (κ3) is 2.54. The Balaban J connectivity index is 2.46. The predicted molar refractivity (Wildman–Crippen MR) is 72.6 cm³/mol. The molecule has 0 unspecified atom stereocenters. The predicted octanol–water partition coefficient (Wildman–Crippen LogP) is 2.12. The topological polar surface area (TPSA) is 67.6 Å². The zero-order chi connectivity index (χ0) is 12.4. The SMILES string of the molecule is C/C(N)=N/N(N)c1ccc2ccc(C)cc2c1. The molecular formula is C13H16N4. The van der Waals surface area contributed by atoms with Crippen LogP contribution in [0.1, 0.15) is 12.5 Å². The van der Waals surface area contributed by atoms with E-state index in [-0.39, 0.29) is 0 Å². The number of aryl methyl sites for hydroxylation is 1. The number of rotatable bonds is 2. The largest absolute Gasteiger partial charge is 0.386 e. The number of benzene rings is 2. The Hall–Kier alpha value is -2.07. The fraction of sp³-hybridized carbons (Fsp3) is 0.154. The molecule has 4 nitrogen and oxygen atoms in total. The van der Waals surface area contributed by atoms with Gasteiger partial charge in [-0.15, -0.1) is 5.10 Å². The molecule has 0 heterocycles. The van der Waals surface area contributed by atoms with Crippen molar-refractivity contribution >= 4 is 22.3 Å². The van der Waals surface area contributed by atoms with Gasteiger partial charge >= 0.3 is 0 Å². The first kappa shape index (κ1) is 11.4. The van der Waals surface area contributed by atoms with Crippen LogP contribution in [0.4, 0.5) is 5.69 Å². The minimum absolute atomic E-state index is 0.428. The summed E-state index contributed by atoms with van der Waals surface area (Å²) in [4.78, 5) is 0. The van der Waals surface area contributed by atoms with E-state index in [2.05, 4.69) is 30.2 Å². The number of hydrogen-bond donors (Lipinski definition) is 2. The number of hydrazone groups is 1. The van der Waals surface area contributed by atoms with E-state index < -0.39 is 0 Å². The van der Waals surface area contributed by atoms with Crippen LogP contribution in [0.15, 0.2) is 41.5 Å². The van der Waals surface area contributed by atoms with Crippen molar-refractivity contribution in [2.45, 2.75) is 13.8 Å². The average molecular weight is 228 g/mol. The second-order valence-corrected chi connectivity index (χ2v) is 4.12. The van der Waals surface area contributed by atoms with Crippen LogP contribution in [0.3, 0.4) is 0 Å². The molecule has 0 aromatic heterocycles. The summed E-state index contributed by atoms with van der Waals surface area (Å²) in [6, 6.07) is 12.2. The summed E-state index contributed by atoms with van der Waals surface area (Å²) in [7, 11) is 0. The highest BCUT2D eigenvalue weighted by Crippen LogP contribution is 2.22. The minimum Gasteiger partial charge on any atom is -0.386 e. The minimum atomic E-state index is 0.428. The highest BCUT2D eigenvalue weighted by atomic mass is 15.6. The lowest BCUT2D eigenvalue weighted by molar-refractivity contribution is 0.922. The van der Waals surface area contributed by atoms with Crippen LogP contribution >= 0.6 is 0 Å². The molecule has 0 atom stereocenters. The maximum Gasteiger partial charge on any atom is 0.118 e. The van der Waals surface area contributed by atoms with E-state index in [0.717, 1.165) is 11.1 Å². The fourth-order valence-corrected chi connectivity index (χ4v) is 1.72. The van der Waals surface area contributed by atoms with Crippen LogP contribution in [-0.2, 0) is 0 Å². The number of anilines is 1. The Bertz CT molecular complexity index is 571. The monoisotopic (exact) mass is 228 g/mol. The molecule has 2 rings (SSSR count). The van der Waals surface area contributed by atoms with Gasteiger partial charge in [-0.1, -0.05) is 29.8 Å². The highest BCUT2D eigenvalue weighted by molar-refractivity contribution is 5.86. The van der Waals surface area contributed by atoms with Crippen LogP contribution in [0.25, 0.3) is 10.8 Å². The third-order valence-electron chi connectivity index (χ3n) is 2.51. The molecule has 2 aromatic rings. The molecule has 0 amide bonds. The van der Waals surface area contributed by atoms with Gasteiger partial charge in [0.15, 0.2) is 0 Å². The zero-order valence-corrected chi connectivity index (χ0v) is 10.0. The number of nitrogens with two attached hydrogens (primary N) is 2. The van der Waals surface area contributed by atoms with Gasteiger partial charge in [-0.25, -0.2) is 5.84 Å². The Morgan fingerprint density at radius 2 is 1.82 bits per heavy atom. The summed E-state index contributed by atoms with van der Waals surface area (Å²) < 4.78 is 0. The molecule has 0 saturated heterocycles. The van der Waals surface area contributed by atoms with Gasteiger partial charge in [-0.2, -0.15) is 5.12 Å². The van der Waals surface area contributed by atoms with E-state index in [1.165, 1.54) is 16.1 Å². The average Bonchev–Trinajstić information content (AvgIpc) is 2.27. The summed E-state index contributed by atoms with van der Waals surface area (Å²) in [5, 5.41) is 7.59. The Kier molecular flexibility index (Phi) is 2.97. The fourth-order valence-electron chi connectivity index (χ4n) is 1.72. The molecule has 0 aliphatic carbocycles. The maximum absolute atomic E-state index is 5.79. The Morgan fingerprint density at radius 1 is 1.12 bits per heavy atom. The molecule has 4 N–H and O–H groups in total. The first-order valence-electron chi connectivity index (χ1n) is 5.42. The maximum atomic E-state index is 5.79. The van der Waals surface area contributed by atoms with Crippen LogP contribution in [0, 0.1) is 6.92 Å². The van der Waals surface area contributed by atoms with Gasteiger partial charge in [0.25, 0.3) is 0 Å². The lowest BCUT2D eigenvalue weighted by atomic mass is 10.1. The number of hydrogen-bond acceptors (Lipinski definition) is 3. The molecule has 4 heteroatoms. The van der Waals surface area contributed by atoms with E-state index in [4.69, 9.17) is 11.6 Å². The first-order valence-corrected chi connectivity index (χ1v) is 5.42. The molecule has 0 aliphatic heterocycles. The molecule has 0 fully saturated rings. The lowest BCUT2D eigenvalue weighted by Gasteiger charge is -2.13. The van der Waals surface area contributed by atoms with Gasteiger partial charge in [0.2, 0.25) is 0 Å². The van der Waals surface area contributed by atoms with Gasteiger partial charge in [-0.3, -0.25) is 0 Å². The highest BCUT2D eigenvalue weighted by Gasteiger charge is 2.01. The van der Waals surface area contributed by atoms with E-state index in [9.17, 15) is 0 Å². The zero-order valence-electron chi connectivity index (χ0n) is 10.0. The van der Waals surface area contributed by atoms with Gasteiger partial charge in [-0.05, 0) is 36.8 Å². The molecular weight excluding hydrogens is 212 g/mol. The molecule has 0 aliphatic rings. The number of nitrogens with zero attached hydrogens (tertiary/aromatic N) is 2. The van der Waals surface area contributed by atoms with Crippen LogP contribution in [-0.4, -0.2) is 5.84 Å². The normalized spacial score (nSPS) is 11.8. The number of amidine groups is 1. The summed E-state index contributed by atoms with van der Waals surface area (Å²) in [6.45, 7) is 3.76. The van der Waals surface area contributed by atoms with Gasteiger partial charge < -0.3 is 5.73 Å². The van der Waals surface area contributed by atoms with Gasteiger partial charge in [0.05, 0.1) is 5.69 Å². The molecule has 17 heavy (non-hydrogen) atoms. The van der Waals surface area contributed by atoms with Crippen LogP contribution in [0.2, 0.25) is 0 Å². The number of fused-ring (bicyclic) bond motifs is 1. The lowest BCUT2D eigenvalue weighted by Crippen LogP contribution is -2.27. The molecule has 0 saturated carbocycles. The summed E-state index contributed by atoms with van der Waals surface area (Å²) in [6.07, 6.45) is 0. The summed E-state index contributed by atoms with van der Waals surface area (Å²) in [5.41, 5.74) is 7.53. The van der Waals surface area contributed by atoms with E-state index in [1.807, 2.05) is 18.2 Å².